The van der Waals surface area contributed by atoms with E-state index < -0.39 is 0 Å². The van der Waals surface area contributed by atoms with Crippen molar-refractivity contribution in [3.05, 3.63) is 21.3 Å². The largest absolute Gasteiger partial charge is 0.365 e. The van der Waals surface area contributed by atoms with Crippen LogP contribution in [0, 0.1) is 0 Å². The number of thiophene rings is 1. The summed E-state index contributed by atoms with van der Waals surface area (Å²) in [5.41, 5.74) is 0. The average molecular weight is 289 g/mol. The molecular formula is C11H13ClN2O3S. The molecule has 1 saturated heterocycles. The summed E-state index contributed by atoms with van der Waals surface area (Å²) in [4.78, 5) is 25.1. The van der Waals surface area contributed by atoms with Crippen LogP contribution in [0.1, 0.15) is 9.67 Å². The molecule has 1 aromatic heterocycles. The molecule has 0 radical (unpaired) electrons. The number of nitrogens with one attached hydrogen (secondary N) is 1. The van der Waals surface area contributed by atoms with Crippen molar-refractivity contribution in [2.24, 2.45) is 0 Å². The number of halogens is 1. The first kappa shape index (κ1) is 13.3. The van der Waals surface area contributed by atoms with Crippen LogP contribution in [-0.2, 0) is 9.53 Å². The van der Waals surface area contributed by atoms with Crippen molar-refractivity contribution in [1.82, 2.24) is 10.2 Å². The summed E-state index contributed by atoms with van der Waals surface area (Å²) in [6, 6.07) is 1.69. The fraction of sp³-hybridized carbons (Fsp3) is 0.455. The van der Waals surface area contributed by atoms with Crippen molar-refractivity contribution in [2.75, 3.05) is 26.7 Å². The van der Waals surface area contributed by atoms with E-state index in [0.717, 1.165) is 0 Å². The van der Waals surface area contributed by atoms with Crippen LogP contribution < -0.4 is 5.32 Å². The maximum Gasteiger partial charge on any atom is 0.262 e. The van der Waals surface area contributed by atoms with Crippen LogP contribution in [0.5, 0.6) is 0 Å². The van der Waals surface area contributed by atoms with Crippen LogP contribution in [0.4, 0.5) is 0 Å². The van der Waals surface area contributed by atoms with Crippen LogP contribution in [0.3, 0.4) is 0 Å². The summed E-state index contributed by atoms with van der Waals surface area (Å²) in [5, 5.41) is 4.97. The minimum atomic E-state index is -0.210. The number of nitrogens with zero attached hydrogens (tertiary/aromatic N) is 1. The predicted octanol–water partition coefficient (Wildman–Crippen LogP) is 0.988. The second-order valence-corrected chi connectivity index (χ2v) is 5.34. The van der Waals surface area contributed by atoms with Crippen LogP contribution in [0.2, 0.25) is 5.02 Å². The SMILES string of the molecule is CN1CC(CNC(=O)c2sccc2Cl)OCC1=O. The average Bonchev–Trinajstić information content (AvgIpc) is 2.77. The number of hydrogen-bond donors (Lipinski definition) is 1. The molecule has 0 aromatic carbocycles. The molecule has 1 aliphatic heterocycles. The Kier molecular flexibility index (Phi) is 4.21. The topological polar surface area (TPSA) is 58.6 Å². The molecule has 2 heterocycles. The first-order valence-electron chi connectivity index (χ1n) is 5.44. The van der Waals surface area contributed by atoms with Crippen molar-refractivity contribution in [3.8, 4) is 0 Å². The molecule has 2 amide bonds. The molecule has 1 aliphatic rings. The van der Waals surface area contributed by atoms with E-state index in [4.69, 9.17) is 16.3 Å². The van der Waals surface area contributed by atoms with Crippen LogP contribution in [-0.4, -0.2) is 49.6 Å². The Balaban J connectivity index is 1.84. The number of ether oxygens (including phenoxy) is 1. The molecule has 18 heavy (non-hydrogen) atoms. The number of carbonyl (C=O) groups excluding carboxylic acids is 2. The van der Waals surface area contributed by atoms with Crippen molar-refractivity contribution in [3.63, 3.8) is 0 Å². The number of amides is 2. The van der Waals surface area contributed by atoms with E-state index in [2.05, 4.69) is 5.32 Å². The van der Waals surface area contributed by atoms with Crippen LogP contribution in [0.25, 0.3) is 0 Å². The molecule has 1 fully saturated rings. The third-order valence-electron chi connectivity index (χ3n) is 2.66. The van der Waals surface area contributed by atoms with Gasteiger partial charge in [0.15, 0.2) is 0 Å². The van der Waals surface area contributed by atoms with E-state index in [1.807, 2.05) is 0 Å². The highest BCUT2D eigenvalue weighted by molar-refractivity contribution is 7.12. The molecule has 5 nitrogen and oxygen atoms in total. The Morgan fingerprint density at radius 2 is 2.50 bits per heavy atom. The zero-order valence-corrected chi connectivity index (χ0v) is 11.4. The number of carbonyl (C=O) groups is 2. The van der Waals surface area contributed by atoms with E-state index in [1.165, 1.54) is 11.3 Å². The summed E-state index contributed by atoms with van der Waals surface area (Å²) < 4.78 is 5.32. The van der Waals surface area contributed by atoms with E-state index in [-0.39, 0.29) is 24.5 Å². The lowest BCUT2D eigenvalue weighted by atomic mass is 10.2. The molecule has 0 saturated carbocycles. The molecule has 1 atom stereocenters. The van der Waals surface area contributed by atoms with Gasteiger partial charge in [0.1, 0.15) is 11.5 Å². The Hall–Kier alpha value is -1.11. The van der Waals surface area contributed by atoms with E-state index >= 15 is 0 Å². The van der Waals surface area contributed by atoms with Gasteiger partial charge >= 0.3 is 0 Å². The van der Waals surface area contributed by atoms with Gasteiger partial charge in [-0.3, -0.25) is 9.59 Å². The maximum atomic E-state index is 11.8. The summed E-state index contributed by atoms with van der Waals surface area (Å²) >= 11 is 7.16. The molecule has 2 rings (SSSR count). The van der Waals surface area contributed by atoms with Gasteiger partial charge in [-0.15, -0.1) is 11.3 Å². The Bertz CT molecular complexity index is 463. The van der Waals surface area contributed by atoms with E-state index in [9.17, 15) is 9.59 Å². The highest BCUT2D eigenvalue weighted by Crippen LogP contribution is 2.21. The van der Waals surface area contributed by atoms with Gasteiger partial charge in [0, 0.05) is 20.1 Å². The minimum absolute atomic E-state index is 0.0427. The lowest BCUT2D eigenvalue weighted by Gasteiger charge is -2.29. The normalized spacial score (nSPS) is 20.0. The zero-order chi connectivity index (χ0) is 13.1. The van der Waals surface area contributed by atoms with Gasteiger partial charge in [0.2, 0.25) is 5.91 Å². The van der Waals surface area contributed by atoms with Crippen molar-refractivity contribution < 1.29 is 14.3 Å². The van der Waals surface area contributed by atoms with Crippen LogP contribution >= 0.6 is 22.9 Å². The highest BCUT2D eigenvalue weighted by atomic mass is 35.5. The smallest absolute Gasteiger partial charge is 0.262 e. The van der Waals surface area contributed by atoms with E-state index in [0.29, 0.717) is 23.0 Å². The van der Waals surface area contributed by atoms with E-state index in [1.54, 1.807) is 23.4 Å². The number of likely N-dealkylation sites (N-methyl/N-ethyl adjacent to an activating group) is 1. The zero-order valence-electron chi connectivity index (χ0n) is 9.81. The van der Waals surface area contributed by atoms with Gasteiger partial charge in [-0.05, 0) is 11.4 Å². The molecule has 0 bridgehead atoms. The number of rotatable bonds is 3. The van der Waals surface area contributed by atoms with Gasteiger partial charge < -0.3 is 15.0 Å². The second kappa shape index (κ2) is 5.69. The second-order valence-electron chi connectivity index (χ2n) is 4.01. The minimum Gasteiger partial charge on any atom is -0.365 e. The highest BCUT2D eigenvalue weighted by Gasteiger charge is 2.24. The quantitative estimate of drug-likeness (QED) is 0.902. The standard InChI is InChI=1S/C11H13ClN2O3S/c1-14-5-7(17-6-9(14)15)4-13-11(16)10-8(12)2-3-18-10/h2-3,7H,4-6H2,1H3,(H,13,16). The molecule has 7 heteroatoms. The lowest BCUT2D eigenvalue weighted by molar-refractivity contribution is -0.146. The molecular weight excluding hydrogens is 276 g/mol. The first-order valence-corrected chi connectivity index (χ1v) is 6.70. The molecule has 0 spiro atoms. The molecule has 1 N–H and O–H groups in total. The molecule has 98 valence electrons. The molecule has 1 unspecified atom stereocenters. The van der Waals surface area contributed by atoms with Crippen molar-refractivity contribution >= 4 is 34.8 Å². The Labute approximate surface area is 114 Å². The monoisotopic (exact) mass is 288 g/mol. The summed E-state index contributed by atoms with van der Waals surface area (Å²) in [6.45, 7) is 0.915. The first-order chi connectivity index (χ1) is 8.58. The third-order valence-corrected chi connectivity index (χ3v) is 4.00. The maximum absolute atomic E-state index is 11.8. The third kappa shape index (κ3) is 3.01. The summed E-state index contributed by atoms with van der Waals surface area (Å²) in [5.74, 6) is -0.253. The fourth-order valence-corrected chi connectivity index (χ4v) is 2.68. The fourth-order valence-electron chi connectivity index (χ4n) is 1.63. The Morgan fingerprint density at radius 3 is 3.11 bits per heavy atom. The van der Waals surface area contributed by atoms with Crippen molar-refractivity contribution in [1.29, 1.82) is 0 Å². The van der Waals surface area contributed by atoms with Gasteiger partial charge in [0.25, 0.3) is 5.91 Å². The van der Waals surface area contributed by atoms with Crippen LogP contribution in [0.15, 0.2) is 11.4 Å². The summed E-state index contributed by atoms with van der Waals surface area (Å²) in [7, 11) is 1.72. The summed E-state index contributed by atoms with van der Waals surface area (Å²) in [6.07, 6.45) is -0.171. The predicted molar refractivity (Wildman–Crippen MR) is 69.0 cm³/mol. The Morgan fingerprint density at radius 1 is 1.72 bits per heavy atom. The van der Waals surface area contributed by atoms with Gasteiger partial charge in [-0.1, -0.05) is 11.6 Å². The molecule has 0 aliphatic carbocycles. The number of morpholine rings is 1. The van der Waals surface area contributed by atoms with Gasteiger partial charge in [-0.2, -0.15) is 0 Å². The van der Waals surface area contributed by atoms with Gasteiger partial charge in [0.05, 0.1) is 11.1 Å². The lowest BCUT2D eigenvalue weighted by Crippen LogP contribution is -2.48. The van der Waals surface area contributed by atoms with Crippen molar-refractivity contribution in [2.45, 2.75) is 6.10 Å². The molecule has 1 aromatic rings. The van der Waals surface area contributed by atoms with Gasteiger partial charge in [-0.25, -0.2) is 0 Å². The number of hydrogen-bond acceptors (Lipinski definition) is 4.